The number of hydrogen-bond donors (Lipinski definition) is 0. The van der Waals surface area contributed by atoms with Gasteiger partial charge in [0.1, 0.15) is 5.41 Å². The van der Waals surface area contributed by atoms with Crippen LogP contribution in [0.4, 0.5) is 22.0 Å². The van der Waals surface area contributed by atoms with Crippen molar-refractivity contribution in [1.29, 1.82) is 0 Å². The van der Waals surface area contributed by atoms with Crippen molar-refractivity contribution in [2.45, 2.75) is 38.8 Å². The van der Waals surface area contributed by atoms with Crippen LogP contribution in [0.1, 0.15) is 26.7 Å². The summed E-state index contributed by atoms with van der Waals surface area (Å²) in [4.78, 5) is 11.6. The summed E-state index contributed by atoms with van der Waals surface area (Å²) in [6.45, 7) is 3.34. The summed E-state index contributed by atoms with van der Waals surface area (Å²) in [5, 5.41) is 0. The summed E-state index contributed by atoms with van der Waals surface area (Å²) in [6, 6.07) is 0. The normalized spacial score (nSPS) is 33.7. The molecule has 21 heavy (non-hydrogen) atoms. The highest BCUT2D eigenvalue weighted by molar-refractivity contribution is 5.71. The monoisotopic (exact) mass is 312 g/mol. The molecular weight excluding hydrogens is 295 g/mol. The van der Waals surface area contributed by atoms with E-state index in [1.165, 1.54) is 0 Å². The van der Waals surface area contributed by atoms with E-state index in [0.717, 1.165) is 12.2 Å². The maximum atomic E-state index is 14.2. The molecule has 0 saturated heterocycles. The molecule has 1 fully saturated rings. The van der Waals surface area contributed by atoms with Crippen LogP contribution >= 0.6 is 0 Å². The summed E-state index contributed by atoms with van der Waals surface area (Å²) in [6.07, 6.45) is -4.50. The first kappa shape index (κ1) is 16.2. The van der Waals surface area contributed by atoms with Gasteiger partial charge in [-0.1, -0.05) is 26.0 Å². The van der Waals surface area contributed by atoms with Crippen LogP contribution in [0.2, 0.25) is 0 Å². The Hall–Kier alpha value is -1.14. The van der Waals surface area contributed by atoms with Crippen LogP contribution in [0.3, 0.4) is 0 Å². The Morgan fingerprint density at radius 2 is 1.86 bits per heavy atom. The number of halogens is 5. The molecule has 1 saturated carbocycles. The van der Waals surface area contributed by atoms with Crippen molar-refractivity contribution in [1.82, 2.24) is 0 Å². The lowest BCUT2D eigenvalue weighted by molar-refractivity contribution is -0.305. The van der Waals surface area contributed by atoms with Crippen molar-refractivity contribution in [3.8, 4) is 0 Å². The lowest BCUT2D eigenvalue weighted by Gasteiger charge is -2.41. The molecule has 0 heterocycles. The maximum Gasteiger partial charge on any atom is 0.401 e. The zero-order valence-electron chi connectivity index (χ0n) is 11.7. The van der Waals surface area contributed by atoms with Gasteiger partial charge in [-0.2, -0.15) is 13.2 Å². The Labute approximate surface area is 119 Å². The van der Waals surface area contributed by atoms with Crippen LogP contribution in [-0.4, -0.2) is 24.7 Å². The second-order valence-corrected chi connectivity index (χ2v) is 6.18. The molecule has 0 radical (unpaired) electrons. The number of carbonyl (C=O) groups excluding carboxylic acids is 1. The first-order valence-electron chi connectivity index (χ1n) is 6.81. The molecule has 3 unspecified atom stereocenters. The Bertz CT molecular complexity index is 455. The van der Waals surface area contributed by atoms with Crippen LogP contribution in [0.5, 0.6) is 0 Å². The Morgan fingerprint density at radius 3 is 2.29 bits per heavy atom. The van der Waals surface area contributed by atoms with E-state index >= 15 is 0 Å². The van der Waals surface area contributed by atoms with Gasteiger partial charge >= 0.3 is 12.1 Å². The fourth-order valence-electron chi connectivity index (χ4n) is 3.20. The molecule has 2 rings (SSSR count). The number of hydrogen-bond acceptors (Lipinski definition) is 2. The fraction of sp³-hybridized carbons (Fsp3) is 0.786. The number of rotatable bonds is 4. The number of esters is 1. The van der Waals surface area contributed by atoms with Crippen LogP contribution < -0.4 is 0 Å². The Kier molecular flexibility index (Phi) is 3.83. The summed E-state index contributed by atoms with van der Waals surface area (Å²) in [5.41, 5.74) is -3.34. The Balaban J connectivity index is 2.28. The first-order chi connectivity index (χ1) is 9.52. The topological polar surface area (TPSA) is 26.3 Å². The van der Waals surface area contributed by atoms with E-state index in [-0.39, 0.29) is 18.9 Å². The molecule has 2 bridgehead atoms. The van der Waals surface area contributed by atoms with Gasteiger partial charge in [0.25, 0.3) is 5.92 Å². The van der Waals surface area contributed by atoms with Crippen LogP contribution in [-0.2, 0) is 9.53 Å². The summed E-state index contributed by atoms with van der Waals surface area (Å²) < 4.78 is 73.4. The van der Waals surface area contributed by atoms with Gasteiger partial charge in [0.15, 0.2) is 0 Å². The number of ether oxygens (including phenoxy) is 1. The van der Waals surface area contributed by atoms with Crippen molar-refractivity contribution < 1.29 is 31.5 Å². The second-order valence-electron chi connectivity index (χ2n) is 6.18. The third kappa shape index (κ3) is 2.34. The third-order valence-corrected chi connectivity index (χ3v) is 4.28. The van der Waals surface area contributed by atoms with Crippen LogP contribution in [0.25, 0.3) is 0 Å². The lowest BCUT2D eigenvalue weighted by Crippen LogP contribution is -2.56. The fourth-order valence-corrected chi connectivity index (χ4v) is 3.20. The first-order valence-corrected chi connectivity index (χ1v) is 6.81. The number of fused-ring (bicyclic) bond motifs is 2. The SMILES string of the molecule is CC(C)COC(=O)CC1(C(F)(F)F)C2C=CC(C2)C1(F)F. The zero-order valence-corrected chi connectivity index (χ0v) is 11.7. The number of carbonyl (C=O) groups is 1. The predicted octanol–water partition coefficient (Wildman–Crippen LogP) is 3.97. The second kappa shape index (κ2) is 4.95. The minimum Gasteiger partial charge on any atom is -0.465 e. The highest BCUT2D eigenvalue weighted by Gasteiger charge is 2.79. The minimum absolute atomic E-state index is 0.0729. The molecule has 2 aliphatic carbocycles. The van der Waals surface area contributed by atoms with E-state index in [9.17, 15) is 26.7 Å². The quantitative estimate of drug-likeness (QED) is 0.446. The summed E-state index contributed by atoms with van der Waals surface area (Å²) >= 11 is 0. The van der Waals surface area contributed by atoms with Crippen molar-refractivity contribution in [2.75, 3.05) is 6.61 Å². The van der Waals surface area contributed by atoms with E-state index in [4.69, 9.17) is 4.74 Å². The summed E-state index contributed by atoms with van der Waals surface area (Å²) in [7, 11) is 0. The van der Waals surface area contributed by atoms with Gasteiger partial charge < -0.3 is 4.74 Å². The van der Waals surface area contributed by atoms with Gasteiger partial charge in [0.05, 0.1) is 13.0 Å². The molecule has 120 valence electrons. The number of alkyl halides is 5. The van der Waals surface area contributed by atoms with Crippen molar-refractivity contribution >= 4 is 5.97 Å². The highest BCUT2D eigenvalue weighted by atomic mass is 19.4. The lowest BCUT2D eigenvalue weighted by atomic mass is 9.70. The standard InChI is InChI=1S/C14H17F5O2/c1-8(2)7-21-11(20)6-12(14(17,18)19)9-3-4-10(5-9)13(12,15)16/h3-4,8-10H,5-7H2,1-2H3. The van der Waals surface area contributed by atoms with Gasteiger partial charge in [-0.25, -0.2) is 8.78 Å². The molecule has 7 heteroatoms. The van der Waals surface area contributed by atoms with E-state index in [2.05, 4.69) is 0 Å². The smallest absolute Gasteiger partial charge is 0.401 e. The average molecular weight is 312 g/mol. The van der Waals surface area contributed by atoms with E-state index < -0.39 is 41.7 Å². The van der Waals surface area contributed by atoms with Crippen molar-refractivity contribution in [3.63, 3.8) is 0 Å². The Morgan fingerprint density at radius 1 is 1.29 bits per heavy atom. The third-order valence-electron chi connectivity index (χ3n) is 4.28. The van der Waals surface area contributed by atoms with E-state index in [1.54, 1.807) is 13.8 Å². The maximum absolute atomic E-state index is 14.2. The molecule has 3 atom stereocenters. The molecular formula is C14H17F5O2. The highest BCUT2D eigenvalue weighted by Crippen LogP contribution is 2.68. The largest absolute Gasteiger partial charge is 0.465 e. The molecule has 2 aliphatic rings. The number of allylic oxidation sites excluding steroid dienone is 2. The summed E-state index contributed by atoms with van der Waals surface area (Å²) in [5.74, 6) is -8.11. The molecule has 0 aromatic heterocycles. The van der Waals surface area contributed by atoms with Crippen LogP contribution in [0.15, 0.2) is 12.2 Å². The van der Waals surface area contributed by atoms with E-state index in [0.29, 0.717) is 0 Å². The van der Waals surface area contributed by atoms with E-state index in [1.807, 2.05) is 0 Å². The molecule has 0 aromatic carbocycles. The van der Waals surface area contributed by atoms with Crippen molar-refractivity contribution in [3.05, 3.63) is 12.2 Å². The molecule has 2 nitrogen and oxygen atoms in total. The molecule has 0 spiro atoms. The molecule has 0 aliphatic heterocycles. The molecule has 0 N–H and O–H groups in total. The van der Waals surface area contributed by atoms with Crippen molar-refractivity contribution in [2.24, 2.45) is 23.2 Å². The van der Waals surface area contributed by atoms with Gasteiger partial charge in [0.2, 0.25) is 0 Å². The average Bonchev–Trinajstić information content (AvgIpc) is 2.87. The molecule has 0 amide bonds. The minimum atomic E-state index is -5.17. The zero-order chi connectivity index (χ0) is 16.1. The predicted molar refractivity (Wildman–Crippen MR) is 64.6 cm³/mol. The van der Waals surface area contributed by atoms with Gasteiger partial charge in [-0.05, 0) is 18.3 Å². The van der Waals surface area contributed by atoms with Gasteiger partial charge in [0, 0.05) is 5.92 Å². The van der Waals surface area contributed by atoms with Gasteiger partial charge in [-0.3, -0.25) is 4.79 Å². The van der Waals surface area contributed by atoms with Gasteiger partial charge in [-0.15, -0.1) is 0 Å². The molecule has 0 aromatic rings. The van der Waals surface area contributed by atoms with Crippen LogP contribution in [0, 0.1) is 23.2 Å².